The Morgan fingerprint density at radius 1 is 1.32 bits per heavy atom. The van der Waals surface area contributed by atoms with Crippen LogP contribution in [0, 0.1) is 0 Å². The number of benzene rings is 1. The number of amides is 1. The summed E-state index contributed by atoms with van der Waals surface area (Å²) >= 11 is 0. The predicted octanol–water partition coefficient (Wildman–Crippen LogP) is 1.04. The third kappa shape index (κ3) is 5.00. The number of carbonyl (C=O) groups excluding carboxylic acids is 1. The Kier molecular flexibility index (Phi) is 5.50. The molecule has 1 aromatic carbocycles. The maximum Gasteiger partial charge on any atom is 0.220 e. The normalized spacial score (nSPS) is 13.0. The van der Waals surface area contributed by atoms with Crippen LogP contribution in [0.15, 0.2) is 29.2 Å². The van der Waals surface area contributed by atoms with Crippen LogP contribution in [-0.2, 0) is 14.6 Å². The van der Waals surface area contributed by atoms with E-state index in [2.05, 4.69) is 5.32 Å². The minimum atomic E-state index is -3.20. The smallest absolute Gasteiger partial charge is 0.220 e. The van der Waals surface area contributed by atoms with Crippen LogP contribution in [0.25, 0.3) is 0 Å². The van der Waals surface area contributed by atoms with Gasteiger partial charge in [-0.1, -0.05) is 12.1 Å². The molecule has 0 aliphatic rings. The van der Waals surface area contributed by atoms with Gasteiger partial charge in [-0.25, -0.2) is 8.42 Å². The maximum atomic E-state index is 11.5. The molecule has 0 aromatic heterocycles. The lowest BCUT2D eigenvalue weighted by Crippen LogP contribution is -2.26. The second-order valence-electron chi connectivity index (χ2n) is 4.46. The van der Waals surface area contributed by atoms with Gasteiger partial charge in [0.05, 0.1) is 10.9 Å². The molecule has 0 saturated carbocycles. The molecule has 0 bridgehead atoms. The topological polar surface area (TPSA) is 83.5 Å². The molecule has 19 heavy (non-hydrogen) atoms. The van der Waals surface area contributed by atoms with Gasteiger partial charge in [-0.15, -0.1) is 0 Å². The van der Waals surface area contributed by atoms with Gasteiger partial charge in [0.1, 0.15) is 0 Å². The second kappa shape index (κ2) is 6.68. The SMILES string of the molecule is CC(NC(=O)CCCO)c1ccc(S(C)(=O)=O)cc1. The fourth-order valence-electron chi connectivity index (χ4n) is 1.64. The summed E-state index contributed by atoms with van der Waals surface area (Å²) in [5, 5.41) is 11.4. The van der Waals surface area contributed by atoms with E-state index in [4.69, 9.17) is 5.11 Å². The van der Waals surface area contributed by atoms with Gasteiger partial charge in [-0.2, -0.15) is 0 Å². The van der Waals surface area contributed by atoms with E-state index in [1.807, 2.05) is 6.92 Å². The van der Waals surface area contributed by atoms with E-state index < -0.39 is 9.84 Å². The molecule has 0 radical (unpaired) electrons. The van der Waals surface area contributed by atoms with E-state index >= 15 is 0 Å². The van der Waals surface area contributed by atoms with Crippen LogP contribution < -0.4 is 5.32 Å². The quantitative estimate of drug-likeness (QED) is 0.818. The Morgan fingerprint density at radius 3 is 2.37 bits per heavy atom. The maximum absolute atomic E-state index is 11.5. The Balaban J connectivity index is 2.68. The van der Waals surface area contributed by atoms with Crippen molar-refractivity contribution in [1.82, 2.24) is 5.32 Å². The molecule has 5 nitrogen and oxygen atoms in total. The summed E-state index contributed by atoms with van der Waals surface area (Å²) in [6.45, 7) is 1.82. The highest BCUT2D eigenvalue weighted by molar-refractivity contribution is 7.90. The van der Waals surface area contributed by atoms with Crippen LogP contribution in [0.3, 0.4) is 0 Å². The lowest BCUT2D eigenvalue weighted by Gasteiger charge is -2.14. The molecule has 1 aromatic rings. The van der Waals surface area contributed by atoms with E-state index in [1.54, 1.807) is 12.1 Å². The van der Waals surface area contributed by atoms with Gasteiger partial charge < -0.3 is 10.4 Å². The predicted molar refractivity (Wildman–Crippen MR) is 72.4 cm³/mol. The number of hydrogen-bond acceptors (Lipinski definition) is 4. The van der Waals surface area contributed by atoms with E-state index in [9.17, 15) is 13.2 Å². The number of aliphatic hydroxyl groups is 1. The first-order chi connectivity index (χ1) is 8.84. The number of sulfone groups is 1. The van der Waals surface area contributed by atoms with Crippen LogP contribution in [0.2, 0.25) is 0 Å². The zero-order chi connectivity index (χ0) is 14.5. The molecule has 1 amide bonds. The van der Waals surface area contributed by atoms with E-state index in [0.29, 0.717) is 6.42 Å². The van der Waals surface area contributed by atoms with Crippen LogP contribution in [0.4, 0.5) is 0 Å². The molecule has 2 N–H and O–H groups in total. The van der Waals surface area contributed by atoms with Crippen molar-refractivity contribution in [2.24, 2.45) is 0 Å². The Hall–Kier alpha value is -1.40. The van der Waals surface area contributed by atoms with Crippen molar-refractivity contribution in [3.05, 3.63) is 29.8 Å². The van der Waals surface area contributed by atoms with Crippen molar-refractivity contribution in [3.63, 3.8) is 0 Å². The molecule has 1 rings (SSSR count). The van der Waals surface area contributed by atoms with Gasteiger partial charge in [0.15, 0.2) is 9.84 Å². The third-order valence-corrected chi connectivity index (χ3v) is 3.88. The average Bonchev–Trinajstić information content (AvgIpc) is 2.35. The van der Waals surface area contributed by atoms with Crippen molar-refractivity contribution in [2.75, 3.05) is 12.9 Å². The zero-order valence-electron chi connectivity index (χ0n) is 11.1. The van der Waals surface area contributed by atoms with Gasteiger partial charge in [-0.3, -0.25) is 4.79 Å². The lowest BCUT2D eigenvalue weighted by molar-refractivity contribution is -0.122. The van der Waals surface area contributed by atoms with Crippen LogP contribution in [0.5, 0.6) is 0 Å². The first-order valence-corrected chi connectivity index (χ1v) is 7.94. The van der Waals surface area contributed by atoms with Crippen LogP contribution >= 0.6 is 0 Å². The minimum Gasteiger partial charge on any atom is -0.396 e. The molecule has 1 unspecified atom stereocenters. The second-order valence-corrected chi connectivity index (χ2v) is 6.47. The zero-order valence-corrected chi connectivity index (χ0v) is 11.9. The summed E-state index contributed by atoms with van der Waals surface area (Å²) in [6.07, 6.45) is 1.87. The van der Waals surface area contributed by atoms with E-state index in [-0.39, 0.29) is 29.9 Å². The number of aliphatic hydroxyl groups excluding tert-OH is 1. The minimum absolute atomic E-state index is 0.00907. The molecule has 0 spiro atoms. The number of hydrogen-bond donors (Lipinski definition) is 2. The van der Waals surface area contributed by atoms with Gasteiger partial charge >= 0.3 is 0 Å². The van der Waals surface area contributed by atoms with Gasteiger partial charge in [-0.05, 0) is 31.0 Å². The van der Waals surface area contributed by atoms with Gasteiger partial charge in [0, 0.05) is 19.3 Å². The average molecular weight is 285 g/mol. The molecule has 106 valence electrons. The van der Waals surface area contributed by atoms with Crippen molar-refractivity contribution in [2.45, 2.75) is 30.7 Å². The molecule has 6 heteroatoms. The van der Waals surface area contributed by atoms with Crippen molar-refractivity contribution in [3.8, 4) is 0 Å². The van der Waals surface area contributed by atoms with Crippen molar-refractivity contribution < 1.29 is 18.3 Å². The number of nitrogens with one attached hydrogen (secondary N) is 1. The molecule has 0 aliphatic heterocycles. The number of carbonyl (C=O) groups is 1. The molecule has 0 heterocycles. The summed E-state index contributed by atoms with van der Waals surface area (Å²) in [6, 6.07) is 6.24. The standard InChI is InChI=1S/C13H19NO4S/c1-10(14-13(16)4-3-9-15)11-5-7-12(8-6-11)19(2,17)18/h5-8,10,15H,3-4,9H2,1-2H3,(H,14,16). The van der Waals surface area contributed by atoms with Crippen molar-refractivity contribution >= 4 is 15.7 Å². The van der Waals surface area contributed by atoms with Gasteiger partial charge in [0.2, 0.25) is 5.91 Å². The Morgan fingerprint density at radius 2 is 1.89 bits per heavy atom. The summed E-state index contributed by atoms with van der Waals surface area (Å²) < 4.78 is 22.6. The fourth-order valence-corrected chi connectivity index (χ4v) is 2.27. The van der Waals surface area contributed by atoms with Crippen LogP contribution in [-0.4, -0.2) is 32.3 Å². The van der Waals surface area contributed by atoms with Crippen molar-refractivity contribution in [1.29, 1.82) is 0 Å². The number of rotatable bonds is 6. The van der Waals surface area contributed by atoms with E-state index in [1.165, 1.54) is 12.1 Å². The fraction of sp³-hybridized carbons (Fsp3) is 0.462. The first kappa shape index (κ1) is 15.7. The highest BCUT2D eigenvalue weighted by Crippen LogP contribution is 2.16. The summed E-state index contributed by atoms with van der Waals surface area (Å²) in [7, 11) is -3.20. The first-order valence-electron chi connectivity index (χ1n) is 6.05. The highest BCUT2D eigenvalue weighted by atomic mass is 32.2. The molecule has 0 aliphatic carbocycles. The molecular formula is C13H19NO4S. The third-order valence-electron chi connectivity index (χ3n) is 2.75. The largest absolute Gasteiger partial charge is 0.396 e. The molecular weight excluding hydrogens is 266 g/mol. The monoisotopic (exact) mass is 285 g/mol. The van der Waals surface area contributed by atoms with Crippen LogP contribution in [0.1, 0.15) is 31.4 Å². The highest BCUT2D eigenvalue weighted by Gasteiger charge is 2.11. The summed E-state index contributed by atoms with van der Waals surface area (Å²) in [4.78, 5) is 11.8. The summed E-state index contributed by atoms with van der Waals surface area (Å²) in [5.74, 6) is -0.131. The van der Waals surface area contributed by atoms with Gasteiger partial charge in [0.25, 0.3) is 0 Å². The molecule has 0 fully saturated rings. The van der Waals surface area contributed by atoms with E-state index in [0.717, 1.165) is 11.8 Å². The molecule has 1 atom stereocenters. The Bertz CT molecular complexity index is 522. The molecule has 0 saturated heterocycles. The lowest BCUT2D eigenvalue weighted by atomic mass is 10.1. The summed E-state index contributed by atoms with van der Waals surface area (Å²) in [5.41, 5.74) is 0.838. The Labute approximate surface area is 113 Å².